The fraction of sp³-hybridized carbons (Fsp3) is 0.250. The van der Waals surface area contributed by atoms with Gasteiger partial charge in [-0.2, -0.15) is 0 Å². The van der Waals surface area contributed by atoms with Crippen LogP contribution in [0.3, 0.4) is 0 Å². The lowest BCUT2D eigenvalue weighted by Crippen LogP contribution is -2.38. The van der Waals surface area contributed by atoms with E-state index in [4.69, 9.17) is 21.9 Å². The Bertz CT molecular complexity index is 1330. The average molecular weight is 479 g/mol. The van der Waals surface area contributed by atoms with Crippen LogP contribution in [-0.4, -0.2) is 50.8 Å². The molecule has 1 amide bonds. The Labute approximate surface area is 200 Å². The van der Waals surface area contributed by atoms with Gasteiger partial charge in [-0.05, 0) is 30.2 Å². The van der Waals surface area contributed by atoms with Crippen LogP contribution in [-0.2, 0) is 16.1 Å². The van der Waals surface area contributed by atoms with Crippen LogP contribution in [0.2, 0.25) is 0 Å². The molecule has 3 aromatic rings. The molecule has 2 fully saturated rings. The molecule has 0 spiro atoms. The van der Waals surface area contributed by atoms with E-state index in [2.05, 4.69) is 0 Å². The number of carbonyl (C=O) groups excluding carboxylic acids is 1. The minimum absolute atomic E-state index is 0.199. The molecule has 33 heavy (non-hydrogen) atoms. The quantitative estimate of drug-likeness (QED) is 0.421. The van der Waals surface area contributed by atoms with E-state index in [-0.39, 0.29) is 11.5 Å². The number of carbonyl (C=O) groups is 1. The fourth-order valence-corrected chi connectivity index (χ4v) is 5.21. The van der Waals surface area contributed by atoms with Crippen LogP contribution in [0.4, 0.5) is 5.82 Å². The number of pyridine rings is 1. The second-order valence-corrected chi connectivity index (χ2v) is 9.57. The van der Waals surface area contributed by atoms with Gasteiger partial charge in [0.15, 0.2) is 0 Å². The third kappa shape index (κ3) is 4.19. The van der Waals surface area contributed by atoms with Crippen LogP contribution in [0, 0.1) is 6.92 Å². The lowest BCUT2D eigenvalue weighted by Gasteiger charge is -2.29. The van der Waals surface area contributed by atoms with Gasteiger partial charge in [-0.15, -0.1) is 0 Å². The summed E-state index contributed by atoms with van der Waals surface area (Å²) in [6.45, 7) is 4.71. The molecular weight excluding hydrogens is 456 g/mol. The summed E-state index contributed by atoms with van der Waals surface area (Å²) in [4.78, 5) is 35.7. The number of hydrogen-bond acceptors (Lipinski definition) is 7. The number of aromatic nitrogens is 2. The number of anilines is 1. The summed E-state index contributed by atoms with van der Waals surface area (Å²) in [7, 11) is 0. The van der Waals surface area contributed by atoms with E-state index < -0.39 is 0 Å². The van der Waals surface area contributed by atoms with Gasteiger partial charge in [0.25, 0.3) is 11.5 Å². The SMILES string of the molecule is Cc1cccn2c(=O)c(C=C3SC(=S)N(Cc4ccccc4)C3=O)c(N3CCOCC3)nc12. The molecule has 168 valence electrons. The van der Waals surface area contributed by atoms with Crippen molar-refractivity contribution in [1.29, 1.82) is 0 Å². The lowest BCUT2D eigenvalue weighted by molar-refractivity contribution is -0.122. The van der Waals surface area contributed by atoms with Gasteiger partial charge in [0.2, 0.25) is 0 Å². The second kappa shape index (κ2) is 9.09. The standard InChI is InChI=1S/C24H22N4O3S2/c1-16-6-5-9-27-20(16)25-21(26-10-12-31-13-11-26)18(22(27)29)14-19-23(30)28(24(32)33-19)15-17-7-3-2-4-8-17/h2-9,14H,10-13,15H2,1H3. The number of hydrogen-bond donors (Lipinski definition) is 0. The molecule has 0 atom stereocenters. The maximum Gasteiger partial charge on any atom is 0.267 e. The maximum atomic E-state index is 13.5. The largest absolute Gasteiger partial charge is 0.378 e. The van der Waals surface area contributed by atoms with Crippen LogP contribution in [0.5, 0.6) is 0 Å². The van der Waals surface area contributed by atoms with E-state index in [1.54, 1.807) is 17.2 Å². The summed E-state index contributed by atoms with van der Waals surface area (Å²) in [5.74, 6) is 0.376. The molecule has 2 aromatic heterocycles. The number of nitrogens with zero attached hydrogens (tertiary/aromatic N) is 4. The zero-order valence-electron chi connectivity index (χ0n) is 18.1. The smallest absolute Gasteiger partial charge is 0.267 e. The van der Waals surface area contributed by atoms with Crippen molar-refractivity contribution in [2.45, 2.75) is 13.5 Å². The van der Waals surface area contributed by atoms with Crippen molar-refractivity contribution in [3.63, 3.8) is 0 Å². The highest BCUT2D eigenvalue weighted by molar-refractivity contribution is 8.26. The highest BCUT2D eigenvalue weighted by atomic mass is 32.2. The minimum atomic E-state index is -0.210. The number of rotatable bonds is 4. The highest BCUT2D eigenvalue weighted by Gasteiger charge is 2.33. The topological polar surface area (TPSA) is 67.2 Å². The predicted octanol–water partition coefficient (Wildman–Crippen LogP) is 3.24. The van der Waals surface area contributed by atoms with Gasteiger partial charge >= 0.3 is 0 Å². The molecular formula is C24H22N4O3S2. The molecule has 2 aliphatic heterocycles. The molecule has 0 radical (unpaired) electrons. The number of amides is 1. The third-order valence-corrected chi connectivity index (χ3v) is 7.09. The van der Waals surface area contributed by atoms with E-state index in [9.17, 15) is 9.59 Å². The first kappa shape index (κ1) is 21.8. The summed E-state index contributed by atoms with van der Waals surface area (Å²) in [6.07, 6.45) is 3.36. The zero-order valence-corrected chi connectivity index (χ0v) is 19.7. The number of benzene rings is 1. The fourth-order valence-electron chi connectivity index (χ4n) is 3.98. The molecule has 4 heterocycles. The molecule has 1 aromatic carbocycles. The molecule has 0 N–H and O–H groups in total. The molecule has 0 bridgehead atoms. The van der Waals surface area contributed by atoms with E-state index in [1.807, 2.05) is 54.3 Å². The van der Waals surface area contributed by atoms with Crippen molar-refractivity contribution < 1.29 is 9.53 Å². The summed E-state index contributed by atoms with van der Waals surface area (Å²) < 4.78 is 7.50. The van der Waals surface area contributed by atoms with Gasteiger partial charge in [0, 0.05) is 19.3 Å². The third-order valence-electron chi connectivity index (χ3n) is 5.71. The average Bonchev–Trinajstić information content (AvgIpc) is 3.10. The monoisotopic (exact) mass is 478 g/mol. The summed E-state index contributed by atoms with van der Waals surface area (Å²) in [5.41, 5.74) is 2.69. The number of thioether (sulfide) groups is 1. The number of fused-ring (bicyclic) bond motifs is 1. The van der Waals surface area contributed by atoms with Crippen molar-refractivity contribution >= 4 is 51.7 Å². The summed E-state index contributed by atoms with van der Waals surface area (Å²) in [5, 5.41) is 0. The van der Waals surface area contributed by atoms with Crippen molar-refractivity contribution in [2.75, 3.05) is 31.2 Å². The Morgan fingerprint density at radius 3 is 2.64 bits per heavy atom. The number of ether oxygens (including phenoxy) is 1. The van der Waals surface area contributed by atoms with Gasteiger partial charge in [0.05, 0.1) is 30.2 Å². The highest BCUT2D eigenvalue weighted by Crippen LogP contribution is 2.34. The summed E-state index contributed by atoms with van der Waals surface area (Å²) >= 11 is 6.71. The first-order valence-electron chi connectivity index (χ1n) is 10.7. The molecule has 0 aliphatic carbocycles. The zero-order chi connectivity index (χ0) is 22.9. The number of morpholine rings is 1. The van der Waals surface area contributed by atoms with Crippen molar-refractivity contribution in [3.8, 4) is 0 Å². The van der Waals surface area contributed by atoms with E-state index in [0.29, 0.717) is 59.1 Å². The summed E-state index contributed by atoms with van der Waals surface area (Å²) in [6, 6.07) is 13.5. The number of aryl methyl sites for hydroxylation is 1. The number of thiocarbonyl (C=S) groups is 1. The Hall–Kier alpha value is -3.01. The molecule has 2 aliphatic rings. The Morgan fingerprint density at radius 2 is 1.88 bits per heavy atom. The molecule has 0 saturated carbocycles. The maximum absolute atomic E-state index is 13.5. The Kier molecular flexibility index (Phi) is 6.01. The van der Waals surface area contributed by atoms with Crippen LogP contribution in [0.1, 0.15) is 16.7 Å². The van der Waals surface area contributed by atoms with Gasteiger partial charge < -0.3 is 9.64 Å². The molecule has 0 unspecified atom stereocenters. The van der Waals surface area contributed by atoms with Gasteiger partial charge in [-0.25, -0.2) is 4.98 Å². The van der Waals surface area contributed by atoms with Gasteiger partial charge in [-0.3, -0.25) is 18.9 Å². The molecule has 5 rings (SSSR count). The first-order valence-corrected chi connectivity index (χ1v) is 11.9. The molecule has 2 saturated heterocycles. The van der Waals surface area contributed by atoms with E-state index >= 15 is 0 Å². The van der Waals surface area contributed by atoms with Crippen LogP contribution >= 0.6 is 24.0 Å². The van der Waals surface area contributed by atoms with Crippen LogP contribution < -0.4 is 10.5 Å². The molecule has 7 nitrogen and oxygen atoms in total. The first-order chi connectivity index (χ1) is 16.0. The Morgan fingerprint density at radius 1 is 1.12 bits per heavy atom. The second-order valence-electron chi connectivity index (χ2n) is 7.89. The van der Waals surface area contributed by atoms with Gasteiger partial charge in [0.1, 0.15) is 15.8 Å². The predicted molar refractivity (Wildman–Crippen MR) is 134 cm³/mol. The van der Waals surface area contributed by atoms with Crippen LogP contribution in [0.25, 0.3) is 11.7 Å². The van der Waals surface area contributed by atoms with Crippen molar-refractivity contribution in [1.82, 2.24) is 14.3 Å². The van der Waals surface area contributed by atoms with E-state index in [0.717, 1.165) is 11.1 Å². The molecule has 9 heteroatoms. The van der Waals surface area contributed by atoms with E-state index in [1.165, 1.54) is 16.2 Å². The normalized spacial score (nSPS) is 18.0. The lowest BCUT2D eigenvalue weighted by atomic mass is 10.2. The van der Waals surface area contributed by atoms with Crippen molar-refractivity contribution in [3.05, 3.63) is 80.6 Å². The van der Waals surface area contributed by atoms with Crippen molar-refractivity contribution in [2.24, 2.45) is 0 Å². The minimum Gasteiger partial charge on any atom is -0.378 e. The van der Waals surface area contributed by atoms with Gasteiger partial charge in [-0.1, -0.05) is 60.4 Å². The van der Waals surface area contributed by atoms with Crippen LogP contribution in [0.15, 0.2) is 58.4 Å². The Balaban J connectivity index is 1.59.